The van der Waals surface area contributed by atoms with Crippen LogP contribution in [0.4, 0.5) is 0 Å². The molecule has 0 heterocycles. The Morgan fingerprint density at radius 2 is 1.26 bits per heavy atom. The minimum Gasteiger partial charge on any atom is -0.481 e. The van der Waals surface area contributed by atoms with E-state index in [2.05, 4.69) is 20.9 Å². The van der Waals surface area contributed by atoms with Crippen molar-refractivity contribution >= 4 is 41.5 Å². The number of rotatable bonds is 20. The highest BCUT2D eigenvalue weighted by Crippen LogP contribution is 2.07. The van der Waals surface area contributed by atoms with Crippen LogP contribution in [0.15, 0.2) is 4.99 Å². The Morgan fingerprint density at radius 1 is 0.737 bits per heavy atom. The lowest BCUT2D eigenvalue weighted by atomic mass is 10.0. The van der Waals surface area contributed by atoms with Crippen molar-refractivity contribution in [1.29, 1.82) is 0 Å². The maximum Gasteiger partial charge on any atom is 0.326 e. The quantitative estimate of drug-likeness (QED) is 0.0395. The summed E-state index contributed by atoms with van der Waals surface area (Å²) in [7, 11) is 0. The molecular weight excluding hydrogens is 506 g/mol. The maximum absolute atomic E-state index is 13.0. The van der Waals surface area contributed by atoms with Crippen molar-refractivity contribution in [2.75, 3.05) is 13.1 Å². The van der Waals surface area contributed by atoms with Crippen molar-refractivity contribution in [3.8, 4) is 0 Å². The molecule has 0 saturated carbocycles. The number of unbranched alkanes of at least 4 members (excludes halogenated alkanes) is 1. The van der Waals surface area contributed by atoms with Gasteiger partial charge in [-0.3, -0.25) is 29.0 Å². The van der Waals surface area contributed by atoms with Gasteiger partial charge in [0.25, 0.3) is 0 Å². The van der Waals surface area contributed by atoms with Crippen molar-refractivity contribution in [2.24, 2.45) is 33.7 Å². The molecule has 0 fully saturated rings. The minimum absolute atomic E-state index is 0.00361. The summed E-state index contributed by atoms with van der Waals surface area (Å²) in [6.07, 6.45) is -0.155. The molecule has 0 aliphatic rings. The van der Waals surface area contributed by atoms with E-state index in [9.17, 15) is 33.9 Å². The molecule has 0 aromatic heterocycles. The van der Waals surface area contributed by atoms with Gasteiger partial charge in [0.15, 0.2) is 5.96 Å². The van der Waals surface area contributed by atoms with E-state index in [0.717, 1.165) is 0 Å². The molecule has 4 unspecified atom stereocenters. The molecule has 0 bridgehead atoms. The summed E-state index contributed by atoms with van der Waals surface area (Å²) in [5, 5.41) is 25.5. The largest absolute Gasteiger partial charge is 0.481 e. The van der Waals surface area contributed by atoms with E-state index in [1.165, 1.54) is 0 Å². The third-order valence-electron chi connectivity index (χ3n) is 5.18. The number of guanidine groups is 1. The third kappa shape index (κ3) is 15.2. The lowest BCUT2D eigenvalue weighted by molar-refractivity contribution is -0.142. The summed E-state index contributed by atoms with van der Waals surface area (Å²) < 4.78 is 0. The van der Waals surface area contributed by atoms with Crippen molar-refractivity contribution in [3.05, 3.63) is 0 Å². The van der Waals surface area contributed by atoms with Crippen molar-refractivity contribution in [2.45, 2.75) is 75.5 Å². The second-order valence-corrected chi connectivity index (χ2v) is 8.46. The van der Waals surface area contributed by atoms with E-state index in [4.69, 9.17) is 33.8 Å². The molecule has 0 rings (SSSR count). The van der Waals surface area contributed by atoms with Gasteiger partial charge < -0.3 is 54.8 Å². The number of aliphatic carboxylic acids is 2. The highest BCUT2D eigenvalue weighted by atomic mass is 16.4. The Morgan fingerprint density at radius 3 is 1.76 bits per heavy atom. The van der Waals surface area contributed by atoms with Gasteiger partial charge in [0, 0.05) is 13.0 Å². The first-order valence-corrected chi connectivity index (χ1v) is 11.9. The summed E-state index contributed by atoms with van der Waals surface area (Å²) in [4.78, 5) is 75.7. The Labute approximate surface area is 219 Å². The molecule has 0 radical (unpaired) electrons. The molecule has 0 saturated heterocycles. The number of hydrogen-bond donors (Lipinski definition) is 10. The van der Waals surface area contributed by atoms with Gasteiger partial charge in [0.2, 0.25) is 23.6 Å². The number of carboxylic acids is 2. The lowest BCUT2D eigenvalue weighted by Gasteiger charge is -2.25. The molecule has 17 nitrogen and oxygen atoms in total. The van der Waals surface area contributed by atoms with E-state index < -0.39 is 72.6 Å². The average Bonchev–Trinajstić information content (AvgIpc) is 2.81. The molecule has 4 atom stereocenters. The number of carboxylic acid groups (broad SMARTS) is 2. The molecule has 0 aromatic rings. The molecule has 4 amide bonds. The highest BCUT2D eigenvalue weighted by Gasteiger charge is 2.30. The fourth-order valence-corrected chi connectivity index (χ4v) is 3.19. The van der Waals surface area contributed by atoms with Crippen LogP contribution in [-0.2, 0) is 28.8 Å². The van der Waals surface area contributed by atoms with Crippen LogP contribution in [0, 0.1) is 0 Å². The minimum atomic E-state index is -1.42. The van der Waals surface area contributed by atoms with Gasteiger partial charge in [-0.25, -0.2) is 4.79 Å². The van der Waals surface area contributed by atoms with Crippen LogP contribution in [0.1, 0.15) is 51.4 Å². The zero-order valence-corrected chi connectivity index (χ0v) is 21.1. The number of carbonyl (C=O) groups excluding carboxylic acids is 4. The Balaban J connectivity index is 5.58. The number of nitrogens with one attached hydrogen (secondary N) is 3. The van der Waals surface area contributed by atoms with E-state index in [1.807, 2.05) is 0 Å². The van der Waals surface area contributed by atoms with Crippen LogP contribution in [-0.4, -0.2) is 89.0 Å². The predicted molar refractivity (Wildman–Crippen MR) is 135 cm³/mol. The molecule has 17 heteroatoms. The van der Waals surface area contributed by atoms with Crippen LogP contribution >= 0.6 is 0 Å². The standard InChI is InChI=1S/C21H39N9O8/c22-8-2-1-4-12(18(35)30-14(20(37)38)5-3-9-27-21(25)26)29-19(36)13(6-7-16(32)33)28-17(34)11(23)10-15(24)31/h11-14H,1-10,22-23H2,(H2,24,31)(H,28,34)(H,29,36)(H,30,35)(H,32,33)(H,37,38)(H4,25,26,27). The molecule has 38 heavy (non-hydrogen) atoms. The molecule has 0 aromatic carbocycles. The number of primary amides is 1. The van der Waals surface area contributed by atoms with Crippen LogP contribution in [0.25, 0.3) is 0 Å². The Kier molecular flexibility index (Phi) is 16.4. The van der Waals surface area contributed by atoms with Gasteiger partial charge in [-0.2, -0.15) is 0 Å². The number of nitrogens with two attached hydrogens (primary N) is 5. The Hall–Kier alpha value is -3.99. The normalized spacial score (nSPS) is 13.7. The first kappa shape index (κ1) is 34.0. The SMILES string of the molecule is NCCCCC(NC(=O)C(CCC(=O)O)NC(=O)C(N)CC(N)=O)C(=O)NC(CCCN=C(N)N)C(=O)O. The first-order valence-electron chi connectivity index (χ1n) is 11.9. The van der Waals surface area contributed by atoms with Gasteiger partial charge in [-0.1, -0.05) is 0 Å². The number of aliphatic imine (C=N–C) groups is 1. The number of nitrogens with zero attached hydrogens (tertiary/aromatic N) is 1. The molecule has 0 spiro atoms. The zero-order valence-electron chi connectivity index (χ0n) is 21.1. The van der Waals surface area contributed by atoms with Crippen LogP contribution in [0.2, 0.25) is 0 Å². The summed E-state index contributed by atoms with van der Waals surface area (Å²) in [6.45, 7) is 0.446. The lowest BCUT2D eigenvalue weighted by Crippen LogP contribution is -2.57. The molecule has 0 aliphatic heterocycles. The topological polar surface area (TPSA) is 321 Å². The zero-order chi connectivity index (χ0) is 29.3. The Bertz CT molecular complexity index is 864. The van der Waals surface area contributed by atoms with E-state index in [1.54, 1.807) is 0 Å². The van der Waals surface area contributed by atoms with E-state index in [-0.39, 0.29) is 38.2 Å². The van der Waals surface area contributed by atoms with Crippen molar-refractivity contribution < 1.29 is 39.0 Å². The maximum atomic E-state index is 13.0. The summed E-state index contributed by atoms with van der Waals surface area (Å²) >= 11 is 0. The number of amides is 4. The first-order chi connectivity index (χ1) is 17.8. The van der Waals surface area contributed by atoms with Gasteiger partial charge >= 0.3 is 11.9 Å². The number of carbonyl (C=O) groups is 6. The smallest absolute Gasteiger partial charge is 0.326 e. The van der Waals surface area contributed by atoms with Crippen LogP contribution in [0.3, 0.4) is 0 Å². The molecule has 216 valence electrons. The van der Waals surface area contributed by atoms with Crippen LogP contribution in [0.5, 0.6) is 0 Å². The second-order valence-electron chi connectivity index (χ2n) is 8.46. The van der Waals surface area contributed by atoms with E-state index >= 15 is 0 Å². The fraction of sp³-hybridized carbons (Fsp3) is 0.667. The number of hydrogen-bond acceptors (Lipinski definition) is 9. The predicted octanol–water partition coefficient (Wildman–Crippen LogP) is -4.22. The van der Waals surface area contributed by atoms with Gasteiger partial charge in [0.05, 0.1) is 12.5 Å². The van der Waals surface area contributed by atoms with E-state index in [0.29, 0.717) is 19.4 Å². The molecule has 0 aliphatic carbocycles. The molecule has 15 N–H and O–H groups in total. The van der Waals surface area contributed by atoms with Crippen molar-refractivity contribution in [1.82, 2.24) is 16.0 Å². The highest BCUT2D eigenvalue weighted by molar-refractivity contribution is 5.95. The van der Waals surface area contributed by atoms with Gasteiger partial charge in [0.1, 0.15) is 18.1 Å². The monoisotopic (exact) mass is 545 g/mol. The summed E-state index contributed by atoms with van der Waals surface area (Å²) in [6, 6.07) is -5.33. The van der Waals surface area contributed by atoms with Gasteiger partial charge in [-0.15, -0.1) is 0 Å². The average molecular weight is 546 g/mol. The summed E-state index contributed by atoms with van der Waals surface area (Å²) in [5.41, 5.74) is 26.6. The second kappa shape index (κ2) is 18.3. The van der Waals surface area contributed by atoms with Crippen LogP contribution < -0.4 is 44.6 Å². The third-order valence-corrected chi connectivity index (χ3v) is 5.18. The fourth-order valence-electron chi connectivity index (χ4n) is 3.19. The van der Waals surface area contributed by atoms with Crippen molar-refractivity contribution in [3.63, 3.8) is 0 Å². The molecular formula is C21H39N9O8. The summed E-state index contributed by atoms with van der Waals surface area (Å²) in [5.74, 6) is -6.22. The van der Waals surface area contributed by atoms with Gasteiger partial charge in [-0.05, 0) is 45.1 Å².